The molecule has 2 atom stereocenters. The van der Waals surface area contributed by atoms with Crippen LogP contribution in [0.2, 0.25) is 0 Å². The van der Waals surface area contributed by atoms with E-state index in [0.29, 0.717) is 12.0 Å². The second-order valence-electron chi connectivity index (χ2n) is 3.93. The second-order valence-corrected chi connectivity index (χ2v) is 3.93. The molecule has 2 rings (SSSR count). The summed E-state index contributed by atoms with van der Waals surface area (Å²) in [7, 11) is 1.41. The lowest BCUT2D eigenvalue weighted by atomic mass is 10.1. The molecule has 0 saturated heterocycles. The Morgan fingerprint density at radius 3 is 2.76 bits per heavy atom. The zero-order valence-corrected chi connectivity index (χ0v) is 9.24. The maximum absolute atomic E-state index is 13.5. The van der Waals surface area contributed by atoms with Crippen molar-refractivity contribution in [2.24, 2.45) is 5.92 Å². The van der Waals surface area contributed by atoms with Gasteiger partial charge < -0.3 is 9.47 Å². The van der Waals surface area contributed by atoms with E-state index < -0.39 is 11.6 Å². The molecule has 17 heavy (non-hydrogen) atoms. The third-order valence-corrected chi connectivity index (χ3v) is 2.74. The van der Waals surface area contributed by atoms with Gasteiger partial charge in [-0.15, -0.1) is 0 Å². The number of methoxy groups -OCH3 is 1. The predicted molar refractivity (Wildman–Crippen MR) is 55.3 cm³/mol. The number of halogens is 2. The van der Waals surface area contributed by atoms with Gasteiger partial charge in [-0.05, 0) is 18.1 Å². The molecule has 0 heterocycles. The van der Waals surface area contributed by atoms with Crippen LogP contribution in [0, 0.1) is 28.9 Å². The summed E-state index contributed by atoms with van der Waals surface area (Å²) in [5, 5.41) is 8.70. The van der Waals surface area contributed by atoms with Gasteiger partial charge in [0.15, 0.2) is 18.4 Å². The van der Waals surface area contributed by atoms with Crippen LogP contribution in [-0.2, 0) is 4.74 Å². The summed E-state index contributed by atoms with van der Waals surface area (Å²) in [4.78, 5) is 0. The van der Waals surface area contributed by atoms with Crippen LogP contribution in [0.5, 0.6) is 5.75 Å². The number of hydrogen-bond acceptors (Lipinski definition) is 3. The van der Waals surface area contributed by atoms with Crippen molar-refractivity contribution in [1.29, 1.82) is 5.26 Å². The number of ether oxygens (including phenoxy) is 2. The van der Waals surface area contributed by atoms with Crippen LogP contribution in [0.3, 0.4) is 0 Å². The van der Waals surface area contributed by atoms with Gasteiger partial charge in [-0.1, -0.05) is 0 Å². The van der Waals surface area contributed by atoms with Crippen molar-refractivity contribution in [2.75, 3.05) is 13.9 Å². The lowest BCUT2D eigenvalue weighted by Gasteiger charge is -2.09. The molecule has 5 heteroatoms. The van der Waals surface area contributed by atoms with Crippen molar-refractivity contribution < 1.29 is 18.3 Å². The minimum absolute atomic E-state index is 0.0492. The van der Waals surface area contributed by atoms with Crippen LogP contribution in [-0.4, -0.2) is 13.9 Å². The average molecular weight is 239 g/mol. The standard InChI is InChI=1S/C12H11F2NO2/c1-16-6-17-12-3-9(8-2-7(8)5-15)10(13)4-11(12)14/h3-4,7-8H,2,6H2,1H3/t7-,8+/m0/s1. The van der Waals surface area contributed by atoms with Crippen molar-refractivity contribution in [1.82, 2.24) is 0 Å². The molecule has 3 nitrogen and oxygen atoms in total. The Balaban J connectivity index is 2.24. The van der Waals surface area contributed by atoms with E-state index in [9.17, 15) is 8.78 Å². The lowest BCUT2D eigenvalue weighted by Crippen LogP contribution is -2.02. The maximum atomic E-state index is 13.5. The summed E-state index contributed by atoms with van der Waals surface area (Å²) in [6, 6.07) is 4.16. The average Bonchev–Trinajstić information content (AvgIpc) is 3.07. The number of nitriles is 1. The number of hydrogen-bond donors (Lipinski definition) is 0. The molecule has 1 saturated carbocycles. The van der Waals surface area contributed by atoms with E-state index in [1.807, 2.05) is 0 Å². The highest BCUT2D eigenvalue weighted by Gasteiger charge is 2.40. The minimum Gasteiger partial charge on any atom is -0.464 e. The summed E-state index contributed by atoms with van der Waals surface area (Å²) in [6.45, 7) is -0.103. The van der Waals surface area contributed by atoms with Crippen LogP contribution in [0.4, 0.5) is 8.78 Å². The molecule has 1 fully saturated rings. The van der Waals surface area contributed by atoms with E-state index in [4.69, 9.17) is 10.00 Å². The third kappa shape index (κ3) is 2.37. The minimum atomic E-state index is -0.766. The molecular formula is C12H11F2NO2. The Morgan fingerprint density at radius 2 is 2.18 bits per heavy atom. The van der Waals surface area contributed by atoms with E-state index in [2.05, 4.69) is 10.8 Å². The van der Waals surface area contributed by atoms with E-state index in [1.165, 1.54) is 13.2 Å². The molecule has 0 aliphatic heterocycles. The summed E-state index contributed by atoms with van der Waals surface area (Å²) >= 11 is 0. The molecule has 0 aromatic heterocycles. The molecule has 0 amide bonds. The van der Waals surface area contributed by atoms with E-state index in [0.717, 1.165) is 6.07 Å². The van der Waals surface area contributed by atoms with Gasteiger partial charge in [0.05, 0.1) is 12.0 Å². The Morgan fingerprint density at radius 1 is 1.41 bits per heavy atom. The van der Waals surface area contributed by atoms with Gasteiger partial charge in [0.2, 0.25) is 0 Å². The summed E-state index contributed by atoms with van der Waals surface area (Å²) in [5.74, 6) is -1.77. The first-order valence-electron chi connectivity index (χ1n) is 5.17. The Hall–Kier alpha value is -1.67. The third-order valence-electron chi connectivity index (χ3n) is 2.74. The molecule has 1 aliphatic carbocycles. The molecule has 1 aromatic carbocycles. The van der Waals surface area contributed by atoms with Crippen molar-refractivity contribution in [3.8, 4) is 11.8 Å². The molecule has 0 radical (unpaired) electrons. The van der Waals surface area contributed by atoms with Gasteiger partial charge >= 0.3 is 0 Å². The molecule has 90 valence electrons. The normalized spacial score (nSPS) is 22.0. The number of benzene rings is 1. The monoisotopic (exact) mass is 239 g/mol. The highest BCUT2D eigenvalue weighted by molar-refractivity contribution is 5.38. The maximum Gasteiger partial charge on any atom is 0.188 e. The fourth-order valence-corrected chi connectivity index (χ4v) is 1.74. The number of rotatable bonds is 4. The van der Waals surface area contributed by atoms with Gasteiger partial charge in [-0.2, -0.15) is 5.26 Å². The Bertz CT molecular complexity index is 470. The first-order chi connectivity index (χ1) is 8.17. The van der Waals surface area contributed by atoms with Gasteiger partial charge in [-0.3, -0.25) is 0 Å². The number of nitrogens with zero attached hydrogens (tertiary/aromatic N) is 1. The Labute approximate surface area is 97.6 Å². The quantitative estimate of drug-likeness (QED) is 0.758. The lowest BCUT2D eigenvalue weighted by molar-refractivity contribution is 0.0481. The van der Waals surface area contributed by atoms with E-state index in [1.54, 1.807) is 0 Å². The molecule has 0 spiro atoms. The fourth-order valence-electron chi connectivity index (χ4n) is 1.74. The van der Waals surface area contributed by atoms with Crippen LogP contribution in [0.25, 0.3) is 0 Å². The zero-order chi connectivity index (χ0) is 12.4. The zero-order valence-electron chi connectivity index (χ0n) is 9.24. The van der Waals surface area contributed by atoms with Crippen LogP contribution in [0.1, 0.15) is 17.9 Å². The van der Waals surface area contributed by atoms with Crippen molar-refractivity contribution in [2.45, 2.75) is 12.3 Å². The summed E-state index contributed by atoms with van der Waals surface area (Å²) in [6.07, 6.45) is 0.614. The van der Waals surface area contributed by atoms with Gasteiger partial charge in [0, 0.05) is 19.1 Å². The fraction of sp³-hybridized carbons (Fsp3) is 0.417. The van der Waals surface area contributed by atoms with Crippen LogP contribution in [0.15, 0.2) is 12.1 Å². The van der Waals surface area contributed by atoms with Gasteiger partial charge in [0.1, 0.15) is 5.82 Å². The largest absolute Gasteiger partial charge is 0.464 e. The topological polar surface area (TPSA) is 42.2 Å². The summed E-state index contributed by atoms with van der Waals surface area (Å²) in [5.41, 5.74) is 0.337. The van der Waals surface area contributed by atoms with Gasteiger partial charge in [0.25, 0.3) is 0 Å². The molecule has 0 N–H and O–H groups in total. The van der Waals surface area contributed by atoms with Gasteiger partial charge in [-0.25, -0.2) is 8.78 Å². The van der Waals surface area contributed by atoms with Crippen LogP contribution >= 0.6 is 0 Å². The molecule has 1 aromatic rings. The van der Waals surface area contributed by atoms with E-state index >= 15 is 0 Å². The van der Waals surface area contributed by atoms with Crippen molar-refractivity contribution >= 4 is 0 Å². The van der Waals surface area contributed by atoms with Crippen LogP contribution < -0.4 is 4.74 Å². The first-order valence-corrected chi connectivity index (χ1v) is 5.17. The Kier molecular flexibility index (Phi) is 3.25. The highest BCUT2D eigenvalue weighted by Crippen LogP contribution is 2.48. The predicted octanol–water partition coefficient (Wildman–Crippen LogP) is 2.57. The first kappa shape index (κ1) is 11.8. The smallest absolute Gasteiger partial charge is 0.188 e. The van der Waals surface area contributed by atoms with Crippen molar-refractivity contribution in [3.05, 3.63) is 29.3 Å². The molecular weight excluding hydrogens is 228 g/mol. The van der Waals surface area contributed by atoms with E-state index in [-0.39, 0.29) is 24.4 Å². The molecule has 0 unspecified atom stereocenters. The molecule has 1 aliphatic rings. The second kappa shape index (κ2) is 4.68. The van der Waals surface area contributed by atoms with Crippen molar-refractivity contribution in [3.63, 3.8) is 0 Å². The summed E-state index contributed by atoms with van der Waals surface area (Å²) < 4.78 is 36.5. The SMILES string of the molecule is COCOc1cc([C@@H]2C[C@H]2C#N)c(F)cc1F. The highest BCUT2D eigenvalue weighted by atomic mass is 19.1. The molecule has 0 bridgehead atoms.